The van der Waals surface area contributed by atoms with Crippen LogP contribution in [0.15, 0.2) is 53.2 Å². The zero-order valence-corrected chi connectivity index (χ0v) is 15.4. The summed E-state index contributed by atoms with van der Waals surface area (Å²) in [4.78, 5) is 12.5. The van der Waals surface area contributed by atoms with E-state index in [1.165, 1.54) is 0 Å². The van der Waals surface area contributed by atoms with E-state index in [2.05, 4.69) is 20.6 Å². The van der Waals surface area contributed by atoms with Crippen molar-refractivity contribution in [2.45, 2.75) is 12.6 Å². The molecule has 1 aromatic carbocycles. The molecule has 1 N–H and O–H groups in total. The molecule has 9 heteroatoms. The highest BCUT2D eigenvalue weighted by atomic mass is 32.1. The molecule has 1 atom stereocenters. The fourth-order valence-corrected chi connectivity index (χ4v) is 3.59. The molecule has 0 aliphatic carbocycles. The number of ether oxygens (including phenoxy) is 2. The smallest absolute Gasteiger partial charge is 0.265 e. The molecule has 1 aliphatic rings. The van der Waals surface area contributed by atoms with Crippen LogP contribution in [0.25, 0.3) is 16.9 Å². The summed E-state index contributed by atoms with van der Waals surface area (Å²) in [6, 6.07) is 13.0. The average molecular weight is 393 g/mol. The number of carbonyl (C=O) groups excluding carboxylic acids is 1. The molecule has 5 rings (SSSR count). The SMILES string of the molecule is O=C(NCc1nnc2ccc(-c3ccsc3)nn12)[C@H]1COc2ccccc2O1. The lowest BCUT2D eigenvalue weighted by atomic mass is 10.2. The summed E-state index contributed by atoms with van der Waals surface area (Å²) in [7, 11) is 0. The van der Waals surface area contributed by atoms with Gasteiger partial charge in [-0.3, -0.25) is 4.79 Å². The molecule has 3 aromatic heterocycles. The van der Waals surface area contributed by atoms with Crippen LogP contribution in [-0.2, 0) is 11.3 Å². The van der Waals surface area contributed by atoms with Crippen LogP contribution in [-0.4, -0.2) is 38.4 Å². The third-order valence-corrected chi connectivity index (χ3v) is 5.05. The van der Waals surface area contributed by atoms with Crippen LogP contribution in [0, 0.1) is 0 Å². The van der Waals surface area contributed by atoms with Crippen LogP contribution >= 0.6 is 11.3 Å². The van der Waals surface area contributed by atoms with Gasteiger partial charge in [0.2, 0.25) is 6.10 Å². The number of rotatable bonds is 4. The second-order valence-corrected chi connectivity index (χ2v) is 6.98. The van der Waals surface area contributed by atoms with E-state index >= 15 is 0 Å². The van der Waals surface area contributed by atoms with Gasteiger partial charge in [-0.05, 0) is 35.7 Å². The van der Waals surface area contributed by atoms with Gasteiger partial charge in [0, 0.05) is 10.9 Å². The molecule has 0 saturated heterocycles. The van der Waals surface area contributed by atoms with Crippen LogP contribution in [0.3, 0.4) is 0 Å². The molecule has 0 spiro atoms. The zero-order valence-electron chi connectivity index (χ0n) is 14.6. The van der Waals surface area contributed by atoms with Crippen molar-refractivity contribution >= 4 is 22.9 Å². The minimum atomic E-state index is -0.719. The molecule has 1 aliphatic heterocycles. The lowest BCUT2D eigenvalue weighted by Gasteiger charge is -2.25. The summed E-state index contributed by atoms with van der Waals surface area (Å²) in [6.45, 7) is 0.339. The van der Waals surface area contributed by atoms with Crippen molar-refractivity contribution in [2.24, 2.45) is 0 Å². The number of benzene rings is 1. The normalized spacial score (nSPS) is 15.5. The highest BCUT2D eigenvalue weighted by Crippen LogP contribution is 2.30. The van der Waals surface area contributed by atoms with E-state index in [1.54, 1.807) is 21.9 Å². The Morgan fingerprint density at radius 1 is 1.18 bits per heavy atom. The van der Waals surface area contributed by atoms with Gasteiger partial charge in [0.25, 0.3) is 5.91 Å². The maximum absolute atomic E-state index is 12.5. The predicted octanol–water partition coefficient (Wildman–Crippen LogP) is 2.31. The van der Waals surface area contributed by atoms with E-state index in [0.29, 0.717) is 23.0 Å². The molecule has 4 heterocycles. The number of hydrogen-bond donors (Lipinski definition) is 1. The average Bonchev–Trinajstić information content (AvgIpc) is 3.41. The van der Waals surface area contributed by atoms with Gasteiger partial charge in [0.1, 0.15) is 6.61 Å². The van der Waals surface area contributed by atoms with Gasteiger partial charge in [-0.2, -0.15) is 21.0 Å². The Balaban J connectivity index is 1.31. The predicted molar refractivity (Wildman–Crippen MR) is 102 cm³/mol. The third kappa shape index (κ3) is 3.05. The molecule has 140 valence electrons. The number of carbonyl (C=O) groups is 1. The second-order valence-electron chi connectivity index (χ2n) is 6.20. The monoisotopic (exact) mass is 393 g/mol. The molecule has 0 radical (unpaired) electrons. The molecule has 0 bridgehead atoms. The van der Waals surface area contributed by atoms with Crippen LogP contribution < -0.4 is 14.8 Å². The van der Waals surface area contributed by atoms with Gasteiger partial charge in [-0.1, -0.05) is 12.1 Å². The molecular formula is C19H15N5O3S. The molecule has 0 fully saturated rings. The summed E-state index contributed by atoms with van der Waals surface area (Å²) in [6.07, 6.45) is -0.719. The van der Waals surface area contributed by atoms with Crippen LogP contribution in [0.2, 0.25) is 0 Å². The highest BCUT2D eigenvalue weighted by Gasteiger charge is 2.27. The summed E-state index contributed by atoms with van der Waals surface area (Å²) in [5, 5.41) is 19.7. The van der Waals surface area contributed by atoms with Gasteiger partial charge in [0.15, 0.2) is 23.0 Å². The summed E-state index contributed by atoms with van der Waals surface area (Å²) in [5.41, 5.74) is 2.47. The second kappa shape index (κ2) is 6.93. The van der Waals surface area contributed by atoms with E-state index in [4.69, 9.17) is 9.47 Å². The highest BCUT2D eigenvalue weighted by molar-refractivity contribution is 7.08. The van der Waals surface area contributed by atoms with Crippen LogP contribution in [0.4, 0.5) is 0 Å². The Bertz CT molecular complexity index is 1140. The standard InChI is InChI=1S/C19H15N5O3S/c25-19(16-10-26-14-3-1-2-4-15(14)27-16)20-9-18-22-21-17-6-5-13(23-24(17)18)12-7-8-28-11-12/h1-8,11,16H,9-10H2,(H,20,25)/t16-/m1/s1. The van der Waals surface area contributed by atoms with Crippen molar-refractivity contribution in [3.05, 3.63) is 59.0 Å². The van der Waals surface area contributed by atoms with Crippen molar-refractivity contribution in [1.29, 1.82) is 0 Å². The fraction of sp³-hybridized carbons (Fsp3) is 0.158. The first-order valence-corrected chi connectivity index (χ1v) is 9.62. The molecule has 1 amide bonds. The van der Waals surface area contributed by atoms with Crippen LogP contribution in [0.5, 0.6) is 11.5 Å². The van der Waals surface area contributed by atoms with Crippen molar-refractivity contribution in [1.82, 2.24) is 25.1 Å². The summed E-state index contributed by atoms with van der Waals surface area (Å²) >= 11 is 1.61. The number of nitrogens with zero attached hydrogens (tertiary/aromatic N) is 4. The number of nitrogens with one attached hydrogen (secondary N) is 1. The van der Waals surface area contributed by atoms with Gasteiger partial charge >= 0.3 is 0 Å². The lowest BCUT2D eigenvalue weighted by molar-refractivity contribution is -0.130. The molecular weight excluding hydrogens is 378 g/mol. The van der Waals surface area contributed by atoms with E-state index in [1.807, 2.05) is 47.2 Å². The van der Waals surface area contributed by atoms with Gasteiger partial charge in [0.05, 0.1) is 12.2 Å². The largest absolute Gasteiger partial charge is 0.485 e. The summed E-state index contributed by atoms with van der Waals surface area (Å²) < 4.78 is 13.0. The Kier molecular flexibility index (Phi) is 4.13. The Hall–Kier alpha value is -3.46. The van der Waals surface area contributed by atoms with E-state index < -0.39 is 6.10 Å². The first kappa shape index (κ1) is 16.7. The van der Waals surface area contributed by atoms with E-state index in [-0.39, 0.29) is 19.1 Å². The van der Waals surface area contributed by atoms with E-state index in [0.717, 1.165) is 11.3 Å². The Labute approximate surface area is 163 Å². The quantitative estimate of drug-likeness (QED) is 0.572. The molecule has 0 saturated carbocycles. The molecule has 4 aromatic rings. The molecule has 28 heavy (non-hydrogen) atoms. The fourth-order valence-electron chi connectivity index (χ4n) is 2.94. The van der Waals surface area contributed by atoms with Gasteiger partial charge in [-0.15, -0.1) is 10.2 Å². The molecule has 8 nitrogen and oxygen atoms in total. The van der Waals surface area contributed by atoms with Gasteiger partial charge in [-0.25, -0.2) is 0 Å². The van der Waals surface area contributed by atoms with Crippen LogP contribution in [0.1, 0.15) is 5.82 Å². The number of thiophene rings is 1. The van der Waals surface area contributed by atoms with Crippen molar-refractivity contribution in [3.8, 4) is 22.8 Å². The first-order valence-electron chi connectivity index (χ1n) is 8.68. The number of fused-ring (bicyclic) bond motifs is 2. The minimum absolute atomic E-state index is 0.157. The van der Waals surface area contributed by atoms with E-state index in [9.17, 15) is 4.79 Å². The molecule has 0 unspecified atom stereocenters. The zero-order chi connectivity index (χ0) is 18.9. The number of para-hydroxylation sites is 2. The van der Waals surface area contributed by atoms with Crippen molar-refractivity contribution < 1.29 is 14.3 Å². The minimum Gasteiger partial charge on any atom is -0.485 e. The summed E-state index contributed by atoms with van der Waals surface area (Å²) in [5.74, 6) is 1.46. The maximum atomic E-state index is 12.5. The lowest BCUT2D eigenvalue weighted by Crippen LogP contribution is -2.43. The topological polar surface area (TPSA) is 90.6 Å². The Morgan fingerprint density at radius 2 is 2.07 bits per heavy atom. The first-order chi connectivity index (χ1) is 13.8. The number of hydrogen-bond acceptors (Lipinski definition) is 7. The maximum Gasteiger partial charge on any atom is 0.265 e. The Morgan fingerprint density at radius 3 is 2.93 bits per heavy atom. The third-order valence-electron chi connectivity index (χ3n) is 4.37. The van der Waals surface area contributed by atoms with Crippen molar-refractivity contribution in [2.75, 3.05) is 6.61 Å². The number of aromatic nitrogens is 4. The number of amides is 1. The van der Waals surface area contributed by atoms with Crippen molar-refractivity contribution in [3.63, 3.8) is 0 Å². The van der Waals surface area contributed by atoms with Gasteiger partial charge < -0.3 is 14.8 Å².